The van der Waals surface area contributed by atoms with Gasteiger partial charge < -0.3 is 15.2 Å². The van der Waals surface area contributed by atoms with Gasteiger partial charge in [-0.1, -0.05) is 18.2 Å². The van der Waals surface area contributed by atoms with Crippen molar-refractivity contribution in [1.29, 1.82) is 0 Å². The molecule has 2 N–H and O–H groups in total. The van der Waals surface area contributed by atoms with Crippen LogP contribution in [0.1, 0.15) is 24.8 Å². The molecule has 1 atom stereocenters. The van der Waals surface area contributed by atoms with E-state index < -0.39 is 0 Å². The van der Waals surface area contributed by atoms with E-state index in [0.717, 1.165) is 61.3 Å². The third-order valence-electron chi connectivity index (χ3n) is 5.95. The van der Waals surface area contributed by atoms with Crippen molar-refractivity contribution in [3.05, 3.63) is 36.0 Å². The van der Waals surface area contributed by atoms with E-state index in [9.17, 15) is 4.79 Å². The highest BCUT2D eigenvalue weighted by atomic mass is 16.2. The van der Waals surface area contributed by atoms with E-state index >= 15 is 0 Å². The molecule has 2 saturated heterocycles. The molecule has 5 heteroatoms. The number of pyridine rings is 1. The number of benzene rings is 1. The van der Waals surface area contributed by atoms with Crippen molar-refractivity contribution in [2.45, 2.75) is 26.2 Å². The summed E-state index contributed by atoms with van der Waals surface area (Å²) >= 11 is 0. The maximum atomic E-state index is 12.4. The lowest BCUT2D eigenvalue weighted by Crippen LogP contribution is -2.47. The Morgan fingerprint density at radius 1 is 1.24 bits per heavy atom. The first-order valence-corrected chi connectivity index (χ1v) is 9.07. The SMILES string of the molecule is Cc1cnc(N2CCC[C@@]3(CCNC3=O)C2)c2c1[nH]c1ccccc12. The Morgan fingerprint density at radius 3 is 2.96 bits per heavy atom. The van der Waals surface area contributed by atoms with Gasteiger partial charge in [0.1, 0.15) is 5.82 Å². The van der Waals surface area contributed by atoms with Gasteiger partial charge >= 0.3 is 0 Å². The summed E-state index contributed by atoms with van der Waals surface area (Å²) < 4.78 is 0. The van der Waals surface area contributed by atoms with Crippen LogP contribution in [0.15, 0.2) is 30.5 Å². The number of anilines is 1. The monoisotopic (exact) mass is 334 g/mol. The largest absolute Gasteiger partial charge is 0.356 e. The van der Waals surface area contributed by atoms with Crippen molar-refractivity contribution in [3.8, 4) is 0 Å². The maximum absolute atomic E-state index is 12.4. The smallest absolute Gasteiger partial charge is 0.228 e. The highest BCUT2D eigenvalue weighted by Crippen LogP contribution is 2.41. The van der Waals surface area contributed by atoms with E-state index in [1.807, 2.05) is 6.20 Å². The fourth-order valence-corrected chi connectivity index (χ4v) is 4.62. The molecule has 0 unspecified atom stereocenters. The van der Waals surface area contributed by atoms with Crippen LogP contribution in [-0.2, 0) is 4.79 Å². The van der Waals surface area contributed by atoms with Gasteiger partial charge in [-0.3, -0.25) is 4.79 Å². The van der Waals surface area contributed by atoms with E-state index in [1.54, 1.807) is 0 Å². The summed E-state index contributed by atoms with van der Waals surface area (Å²) in [6.07, 6.45) is 4.90. The van der Waals surface area contributed by atoms with Crippen molar-refractivity contribution in [3.63, 3.8) is 0 Å². The summed E-state index contributed by atoms with van der Waals surface area (Å²) in [5, 5.41) is 5.42. The van der Waals surface area contributed by atoms with Gasteiger partial charge in [-0.2, -0.15) is 0 Å². The molecule has 0 radical (unpaired) electrons. The zero-order valence-electron chi connectivity index (χ0n) is 14.4. The van der Waals surface area contributed by atoms with Gasteiger partial charge in [-0.25, -0.2) is 4.98 Å². The number of aromatic amines is 1. The maximum Gasteiger partial charge on any atom is 0.228 e. The molecule has 1 amide bonds. The molecule has 0 saturated carbocycles. The molecule has 2 aliphatic rings. The van der Waals surface area contributed by atoms with Crippen LogP contribution in [0.4, 0.5) is 5.82 Å². The number of fused-ring (bicyclic) bond motifs is 3. The fraction of sp³-hybridized carbons (Fsp3) is 0.400. The number of rotatable bonds is 1. The number of para-hydroxylation sites is 1. The van der Waals surface area contributed by atoms with E-state index in [2.05, 4.69) is 46.4 Å². The van der Waals surface area contributed by atoms with Gasteiger partial charge in [0.05, 0.1) is 16.3 Å². The highest BCUT2D eigenvalue weighted by Gasteiger charge is 2.45. The number of H-pyrrole nitrogens is 1. The number of aromatic nitrogens is 2. The third kappa shape index (κ3) is 2.08. The van der Waals surface area contributed by atoms with Crippen LogP contribution < -0.4 is 10.2 Å². The molecule has 128 valence electrons. The Balaban J connectivity index is 1.68. The van der Waals surface area contributed by atoms with Crippen molar-refractivity contribution in [1.82, 2.24) is 15.3 Å². The topological polar surface area (TPSA) is 61.0 Å². The second-order valence-electron chi connectivity index (χ2n) is 7.50. The average molecular weight is 334 g/mol. The van der Waals surface area contributed by atoms with E-state index in [0.29, 0.717) is 0 Å². The molecule has 5 nitrogen and oxygen atoms in total. The Morgan fingerprint density at radius 2 is 2.12 bits per heavy atom. The van der Waals surface area contributed by atoms with E-state index in [-0.39, 0.29) is 11.3 Å². The van der Waals surface area contributed by atoms with Crippen molar-refractivity contribution in [2.24, 2.45) is 5.41 Å². The minimum absolute atomic E-state index is 0.222. The number of hydrogen-bond acceptors (Lipinski definition) is 3. The zero-order chi connectivity index (χ0) is 17.0. The first-order valence-electron chi connectivity index (χ1n) is 9.07. The number of nitrogens with one attached hydrogen (secondary N) is 2. The number of carbonyl (C=O) groups is 1. The molecule has 3 aromatic rings. The van der Waals surface area contributed by atoms with Gasteiger partial charge in [0.2, 0.25) is 5.91 Å². The summed E-state index contributed by atoms with van der Waals surface area (Å²) in [6.45, 7) is 4.62. The summed E-state index contributed by atoms with van der Waals surface area (Å²) in [7, 11) is 0. The minimum atomic E-state index is -0.233. The lowest BCUT2D eigenvalue weighted by atomic mass is 9.78. The summed E-state index contributed by atoms with van der Waals surface area (Å²) in [5.74, 6) is 1.23. The number of amides is 1. The van der Waals surface area contributed by atoms with Crippen LogP contribution >= 0.6 is 0 Å². The minimum Gasteiger partial charge on any atom is -0.356 e. The van der Waals surface area contributed by atoms with Gasteiger partial charge in [0.15, 0.2) is 0 Å². The number of aryl methyl sites for hydroxylation is 1. The molecule has 1 aromatic carbocycles. The van der Waals surface area contributed by atoms with Crippen LogP contribution in [0.25, 0.3) is 21.8 Å². The van der Waals surface area contributed by atoms with E-state index in [4.69, 9.17) is 4.98 Å². The molecular formula is C20H22N4O. The lowest BCUT2D eigenvalue weighted by molar-refractivity contribution is -0.128. The summed E-state index contributed by atoms with van der Waals surface area (Å²) in [6, 6.07) is 8.39. The second-order valence-corrected chi connectivity index (χ2v) is 7.50. The van der Waals surface area contributed by atoms with Crippen LogP contribution in [0.5, 0.6) is 0 Å². The molecule has 0 aliphatic carbocycles. The Bertz CT molecular complexity index is 992. The molecule has 2 fully saturated rings. The van der Waals surface area contributed by atoms with Gasteiger partial charge in [0.25, 0.3) is 0 Å². The van der Waals surface area contributed by atoms with E-state index in [1.165, 1.54) is 10.8 Å². The molecule has 1 spiro atoms. The summed E-state index contributed by atoms with van der Waals surface area (Å²) in [4.78, 5) is 23.1. The quantitative estimate of drug-likeness (QED) is 0.719. The standard InChI is InChI=1S/C20H22N4O/c1-13-11-22-18(16-14-5-2-3-6-15(14)23-17(13)16)24-10-4-7-20(12-24)8-9-21-19(20)25/h2-3,5-6,11,23H,4,7-10,12H2,1H3,(H,21,25)/t20-/m1/s1. The molecule has 2 aromatic heterocycles. The van der Waals surface area contributed by atoms with Gasteiger partial charge in [0, 0.05) is 36.7 Å². The molecule has 0 bridgehead atoms. The normalized spacial score (nSPS) is 23.7. The molecule has 5 rings (SSSR count). The van der Waals surface area contributed by atoms with Crippen LogP contribution in [-0.4, -0.2) is 35.5 Å². The highest BCUT2D eigenvalue weighted by molar-refractivity contribution is 6.13. The van der Waals surface area contributed by atoms with Gasteiger partial charge in [-0.15, -0.1) is 0 Å². The van der Waals surface area contributed by atoms with Gasteiger partial charge in [-0.05, 0) is 37.8 Å². The van der Waals surface area contributed by atoms with Crippen LogP contribution in [0.3, 0.4) is 0 Å². The Kier molecular flexibility index (Phi) is 3.08. The predicted molar refractivity (Wildman–Crippen MR) is 99.8 cm³/mol. The van der Waals surface area contributed by atoms with Crippen molar-refractivity contribution < 1.29 is 4.79 Å². The first kappa shape index (κ1) is 14.8. The number of piperidine rings is 1. The first-order chi connectivity index (χ1) is 12.2. The van der Waals surface area contributed by atoms with Crippen LogP contribution in [0, 0.1) is 12.3 Å². The lowest BCUT2D eigenvalue weighted by Gasteiger charge is -2.39. The molecule has 25 heavy (non-hydrogen) atoms. The van der Waals surface area contributed by atoms with Crippen molar-refractivity contribution >= 4 is 33.5 Å². The molecular weight excluding hydrogens is 312 g/mol. The van der Waals surface area contributed by atoms with Crippen LogP contribution in [0.2, 0.25) is 0 Å². The average Bonchev–Trinajstić information content (AvgIpc) is 3.18. The number of hydrogen-bond donors (Lipinski definition) is 2. The molecule has 4 heterocycles. The number of carbonyl (C=O) groups excluding carboxylic acids is 1. The zero-order valence-corrected chi connectivity index (χ0v) is 14.4. The third-order valence-corrected chi connectivity index (χ3v) is 5.95. The second kappa shape index (κ2) is 5.22. The predicted octanol–water partition coefficient (Wildman–Crippen LogP) is 3.13. The Labute approximate surface area is 146 Å². The summed E-state index contributed by atoms with van der Waals surface area (Å²) in [5.41, 5.74) is 3.21. The number of nitrogens with zero attached hydrogens (tertiary/aromatic N) is 2. The molecule has 2 aliphatic heterocycles. The fourth-order valence-electron chi connectivity index (χ4n) is 4.62. The van der Waals surface area contributed by atoms with Crippen molar-refractivity contribution in [2.75, 3.05) is 24.5 Å². The Hall–Kier alpha value is -2.56.